The number of ether oxygens (including phenoxy) is 2. The second kappa shape index (κ2) is 8.59. The highest BCUT2D eigenvalue weighted by molar-refractivity contribution is 7.08. The van der Waals surface area contributed by atoms with Crippen molar-refractivity contribution >= 4 is 17.4 Å². The van der Waals surface area contributed by atoms with Gasteiger partial charge in [0.25, 0.3) is 5.91 Å². The maximum Gasteiger partial charge on any atom is 0.265 e. The third-order valence-corrected chi connectivity index (χ3v) is 4.23. The number of nitrogens with one attached hydrogen (secondary N) is 1. The zero-order valence-electron chi connectivity index (χ0n) is 13.5. The number of amides is 1. The number of benzene rings is 1. The Balaban J connectivity index is 2.05. The normalized spacial score (nSPS) is 12.0. The Morgan fingerprint density at radius 1 is 1.35 bits per heavy atom. The molecule has 0 aliphatic rings. The van der Waals surface area contributed by atoms with Crippen molar-refractivity contribution in [3.05, 3.63) is 40.4 Å². The maximum absolute atomic E-state index is 12.3. The molecule has 0 saturated carbocycles. The van der Waals surface area contributed by atoms with Gasteiger partial charge in [0.15, 0.2) is 0 Å². The van der Waals surface area contributed by atoms with E-state index in [4.69, 9.17) is 9.47 Å². The minimum absolute atomic E-state index is 0.166. The first kappa shape index (κ1) is 17.4. The quantitative estimate of drug-likeness (QED) is 0.803. The fourth-order valence-corrected chi connectivity index (χ4v) is 2.92. The fourth-order valence-electron chi connectivity index (χ4n) is 2.30. The highest BCUT2D eigenvalue weighted by Crippen LogP contribution is 2.26. The van der Waals surface area contributed by atoms with E-state index in [1.165, 1.54) is 0 Å². The molecule has 0 unspecified atom stereocenters. The molecule has 0 radical (unpaired) electrons. The lowest BCUT2D eigenvalue weighted by molar-refractivity contribution is 0.0821. The van der Waals surface area contributed by atoms with E-state index in [-0.39, 0.29) is 12.0 Å². The van der Waals surface area contributed by atoms with Gasteiger partial charge in [-0.2, -0.15) is 0 Å². The van der Waals surface area contributed by atoms with E-state index < -0.39 is 0 Å². The predicted octanol–water partition coefficient (Wildman–Crippen LogP) is 2.62. The van der Waals surface area contributed by atoms with E-state index in [1.807, 2.05) is 31.2 Å². The van der Waals surface area contributed by atoms with Gasteiger partial charge in [0.1, 0.15) is 16.7 Å². The molecule has 1 atom stereocenters. The van der Waals surface area contributed by atoms with Crippen LogP contribution in [-0.4, -0.2) is 36.3 Å². The summed E-state index contributed by atoms with van der Waals surface area (Å²) in [7, 11) is 3.23. The summed E-state index contributed by atoms with van der Waals surface area (Å²) in [5.41, 5.74) is 1.65. The molecule has 1 N–H and O–H groups in total. The number of rotatable bonds is 8. The van der Waals surface area contributed by atoms with E-state index in [1.54, 1.807) is 14.2 Å². The van der Waals surface area contributed by atoms with Gasteiger partial charge in [-0.3, -0.25) is 4.79 Å². The van der Waals surface area contributed by atoms with Gasteiger partial charge in [0.2, 0.25) is 0 Å². The minimum Gasteiger partial charge on any atom is -0.496 e. The van der Waals surface area contributed by atoms with E-state index in [0.717, 1.165) is 41.4 Å². The molecule has 2 aromatic rings. The van der Waals surface area contributed by atoms with Crippen molar-refractivity contribution in [1.29, 1.82) is 0 Å². The molecular weight excluding hydrogens is 314 g/mol. The van der Waals surface area contributed by atoms with Crippen LogP contribution in [0.25, 0.3) is 0 Å². The molecule has 0 spiro atoms. The summed E-state index contributed by atoms with van der Waals surface area (Å²) in [6.07, 6.45) is 1.39. The van der Waals surface area contributed by atoms with Crippen LogP contribution in [0.4, 0.5) is 0 Å². The number of carbonyl (C=O) groups excluding carboxylic acids is 1. The van der Waals surface area contributed by atoms with Gasteiger partial charge < -0.3 is 14.8 Å². The minimum atomic E-state index is -0.286. The third kappa shape index (κ3) is 4.27. The largest absolute Gasteiger partial charge is 0.496 e. The van der Waals surface area contributed by atoms with Crippen molar-refractivity contribution < 1.29 is 14.3 Å². The first-order valence-electron chi connectivity index (χ1n) is 7.46. The summed E-state index contributed by atoms with van der Waals surface area (Å²) < 4.78 is 14.7. The zero-order chi connectivity index (χ0) is 16.7. The number of methoxy groups -OCH3 is 2. The van der Waals surface area contributed by atoms with Crippen molar-refractivity contribution in [1.82, 2.24) is 14.9 Å². The lowest BCUT2D eigenvalue weighted by atomic mass is 10.1. The molecule has 6 nitrogen and oxygen atoms in total. The summed E-state index contributed by atoms with van der Waals surface area (Å²) in [5.74, 6) is 0.570. The van der Waals surface area contributed by atoms with Crippen LogP contribution in [0.2, 0.25) is 0 Å². The Hall–Kier alpha value is -1.99. The molecule has 0 bridgehead atoms. The van der Waals surface area contributed by atoms with Crippen LogP contribution in [0.1, 0.15) is 40.4 Å². The monoisotopic (exact) mass is 335 g/mol. The zero-order valence-corrected chi connectivity index (χ0v) is 14.4. The van der Waals surface area contributed by atoms with Crippen molar-refractivity contribution in [2.75, 3.05) is 20.8 Å². The van der Waals surface area contributed by atoms with Gasteiger partial charge in [-0.25, -0.2) is 0 Å². The highest BCUT2D eigenvalue weighted by Gasteiger charge is 2.19. The average Bonchev–Trinajstić information content (AvgIpc) is 3.04. The molecule has 1 heterocycles. The molecular formula is C16H21N3O3S. The van der Waals surface area contributed by atoms with Crippen LogP contribution in [0.15, 0.2) is 24.3 Å². The van der Waals surface area contributed by atoms with Crippen molar-refractivity contribution in [3.63, 3.8) is 0 Å². The Morgan fingerprint density at radius 3 is 2.83 bits per heavy atom. The Morgan fingerprint density at radius 2 is 2.13 bits per heavy atom. The second-order valence-corrected chi connectivity index (χ2v) is 5.73. The molecule has 124 valence electrons. The number of aryl methyl sites for hydroxylation is 1. The molecule has 0 aliphatic carbocycles. The van der Waals surface area contributed by atoms with E-state index in [0.29, 0.717) is 11.4 Å². The molecule has 1 aromatic heterocycles. The standard InChI is InChI=1S/C16H21N3O3S/c1-4-7-12-15(23-19-18-12)16(20)17-10-14(22-3)11-8-5-6-9-13(11)21-2/h5-6,8-9,14H,4,7,10H2,1-3H3,(H,17,20)/t14-/m1/s1. The lowest BCUT2D eigenvalue weighted by Crippen LogP contribution is -2.29. The van der Waals surface area contributed by atoms with Crippen molar-refractivity contribution in [2.24, 2.45) is 0 Å². The summed E-state index contributed by atoms with van der Waals surface area (Å²) in [6.45, 7) is 2.39. The molecule has 0 fully saturated rings. The number of aromatic nitrogens is 2. The SMILES string of the molecule is CCCc1nnsc1C(=O)NC[C@@H](OC)c1ccccc1OC. The smallest absolute Gasteiger partial charge is 0.265 e. The van der Waals surface area contributed by atoms with Crippen LogP contribution in [0.3, 0.4) is 0 Å². The van der Waals surface area contributed by atoms with Gasteiger partial charge in [0.05, 0.1) is 12.8 Å². The van der Waals surface area contributed by atoms with Crippen LogP contribution in [-0.2, 0) is 11.2 Å². The maximum atomic E-state index is 12.3. The second-order valence-electron chi connectivity index (χ2n) is 4.98. The van der Waals surface area contributed by atoms with Gasteiger partial charge in [-0.15, -0.1) is 5.10 Å². The number of carbonyl (C=O) groups is 1. The molecule has 1 amide bonds. The number of hydrogen-bond acceptors (Lipinski definition) is 6. The highest BCUT2D eigenvalue weighted by atomic mass is 32.1. The van der Waals surface area contributed by atoms with Crippen molar-refractivity contribution in [3.8, 4) is 5.75 Å². The number of nitrogens with zero attached hydrogens (tertiary/aromatic N) is 2. The topological polar surface area (TPSA) is 73.3 Å². The first-order chi connectivity index (χ1) is 11.2. The summed E-state index contributed by atoms with van der Waals surface area (Å²) in [4.78, 5) is 12.9. The number of hydrogen-bond donors (Lipinski definition) is 1. The van der Waals surface area contributed by atoms with Gasteiger partial charge in [-0.1, -0.05) is 36.0 Å². The molecule has 0 aliphatic heterocycles. The average molecular weight is 335 g/mol. The van der Waals surface area contributed by atoms with E-state index in [2.05, 4.69) is 14.9 Å². The van der Waals surface area contributed by atoms with Gasteiger partial charge in [0, 0.05) is 19.2 Å². The van der Waals surface area contributed by atoms with Crippen LogP contribution in [0.5, 0.6) is 5.75 Å². The Labute approximate surface area is 140 Å². The predicted molar refractivity (Wildman–Crippen MR) is 89.0 cm³/mol. The summed E-state index contributed by atoms with van der Waals surface area (Å²) in [6, 6.07) is 7.61. The van der Waals surface area contributed by atoms with Crippen LogP contribution < -0.4 is 10.1 Å². The number of para-hydroxylation sites is 1. The molecule has 2 rings (SSSR count). The van der Waals surface area contributed by atoms with Gasteiger partial charge >= 0.3 is 0 Å². The molecule has 1 aromatic carbocycles. The molecule has 23 heavy (non-hydrogen) atoms. The third-order valence-electron chi connectivity index (χ3n) is 3.47. The lowest BCUT2D eigenvalue weighted by Gasteiger charge is -2.18. The molecule has 0 saturated heterocycles. The summed E-state index contributed by atoms with van der Waals surface area (Å²) >= 11 is 1.12. The summed E-state index contributed by atoms with van der Waals surface area (Å²) in [5, 5.41) is 6.91. The van der Waals surface area contributed by atoms with E-state index >= 15 is 0 Å². The van der Waals surface area contributed by atoms with E-state index in [9.17, 15) is 4.79 Å². The van der Waals surface area contributed by atoms with Crippen LogP contribution >= 0.6 is 11.5 Å². The fraction of sp³-hybridized carbons (Fsp3) is 0.438. The van der Waals surface area contributed by atoms with Crippen LogP contribution in [0, 0.1) is 0 Å². The first-order valence-corrected chi connectivity index (χ1v) is 8.23. The van der Waals surface area contributed by atoms with Crippen molar-refractivity contribution in [2.45, 2.75) is 25.9 Å². The molecule has 7 heteroatoms. The Kier molecular flexibility index (Phi) is 6.49. The van der Waals surface area contributed by atoms with Gasteiger partial charge in [-0.05, 0) is 24.0 Å². The Bertz CT molecular complexity index is 645.